The highest BCUT2D eigenvalue weighted by Gasteiger charge is 2.32. The minimum atomic E-state index is -3.97. The van der Waals surface area contributed by atoms with Crippen LogP contribution in [0.25, 0.3) is 0 Å². The van der Waals surface area contributed by atoms with Gasteiger partial charge < -0.3 is 9.64 Å². The molecular formula is C27H27ClN2O7S. The Morgan fingerprint density at radius 2 is 1.87 bits per heavy atom. The van der Waals surface area contributed by atoms with Crippen LogP contribution in [0.1, 0.15) is 40.7 Å². The zero-order chi connectivity index (χ0) is 27.4. The molecule has 1 amide bonds. The predicted octanol–water partition coefficient (Wildman–Crippen LogP) is 5.71. The molecule has 0 bridgehead atoms. The molecule has 0 fully saturated rings. The predicted molar refractivity (Wildman–Crippen MR) is 144 cm³/mol. The van der Waals surface area contributed by atoms with Crippen LogP contribution in [0.2, 0.25) is 5.02 Å². The van der Waals surface area contributed by atoms with Gasteiger partial charge in [0.05, 0.1) is 35.2 Å². The van der Waals surface area contributed by atoms with Crippen molar-refractivity contribution in [1.82, 2.24) is 0 Å². The highest BCUT2D eigenvalue weighted by Crippen LogP contribution is 2.36. The van der Waals surface area contributed by atoms with E-state index in [-0.39, 0.29) is 34.9 Å². The SMILES string of the molecule is COc1cc([N+](=O)[O-])ccc1C(=O)N1c2ccc(Cl)cc2CCCC1CCOS(=O)(=O)c1ccc(C)cc1. The summed E-state index contributed by atoms with van der Waals surface area (Å²) >= 11 is 6.23. The summed E-state index contributed by atoms with van der Waals surface area (Å²) in [6, 6.07) is 15.1. The van der Waals surface area contributed by atoms with Crippen molar-refractivity contribution in [2.45, 2.75) is 43.5 Å². The summed E-state index contributed by atoms with van der Waals surface area (Å²) in [6.07, 6.45) is 2.25. The van der Waals surface area contributed by atoms with Crippen LogP contribution >= 0.6 is 11.6 Å². The molecule has 1 atom stereocenters. The molecule has 4 rings (SSSR count). The van der Waals surface area contributed by atoms with Crippen LogP contribution < -0.4 is 9.64 Å². The molecule has 9 nitrogen and oxygen atoms in total. The van der Waals surface area contributed by atoms with Gasteiger partial charge in [0, 0.05) is 22.8 Å². The van der Waals surface area contributed by atoms with Crippen LogP contribution in [0, 0.1) is 17.0 Å². The maximum atomic E-state index is 14.0. The van der Waals surface area contributed by atoms with E-state index in [0.29, 0.717) is 23.6 Å². The number of ether oxygens (including phenoxy) is 1. The van der Waals surface area contributed by atoms with Crippen molar-refractivity contribution in [3.8, 4) is 5.75 Å². The second-order valence-corrected chi connectivity index (χ2v) is 11.1. The van der Waals surface area contributed by atoms with Crippen molar-refractivity contribution in [1.29, 1.82) is 0 Å². The summed E-state index contributed by atoms with van der Waals surface area (Å²) in [5.41, 5.74) is 2.40. The number of carbonyl (C=O) groups is 1. The standard InChI is InChI=1S/C27H27ClN2O7S/c1-18-6-10-23(11-7-18)38(34,35)37-15-14-21-5-3-4-19-16-20(28)8-13-25(19)29(21)27(31)24-12-9-22(30(32)33)17-26(24)36-2/h6-13,16-17,21H,3-5,14-15H2,1-2H3. The molecular weight excluding hydrogens is 532 g/mol. The van der Waals surface area contributed by atoms with Crippen LogP contribution in [0.3, 0.4) is 0 Å². The molecule has 3 aromatic carbocycles. The summed E-state index contributed by atoms with van der Waals surface area (Å²) in [4.78, 5) is 26.3. The Morgan fingerprint density at radius 3 is 2.55 bits per heavy atom. The number of fused-ring (bicyclic) bond motifs is 1. The molecule has 1 aliphatic rings. The molecule has 1 aliphatic heterocycles. The lowest BCUT2D eigenvalue weighted by Gasteiger charge is -2.32. The molecule has 0 saturated carbocycles. The quantitative estimate of drug-likeness (QED) is 0.197. The molecule has 1 heterocycles. The molecule has 1 unspecified atom stereocenters. The molecule has 0 radical (unpaired) electrons. The highest BCUT2D eigenvalue weighted by molar-refractivity contribution is 7.86. The third-order valence-corrected chi connectivity index (χ3v) is 8.06. The number of carbonyl (C=O) groups excluding carboxylic acids is 1. The Morgan fingerprint density at radius 1 is 1.13 bits per heavy atom. The number of nitro groups is 1. The van der Waals surface area contributed by atoms with Gasteiger partial charge in [0.1, 0.15) is 5.75 Å². The normalized spacial score (nSPS) is 15.4. The van der Waals surface area contributed by atoms with Crippen molar-refractivity contribution >= 4 is 39.0 Å². The third kappa shape index (κ3) is 5.98. The fourth-order valence-corrected chi connectivity index (χ4v) is 5.67. The van der Waals surface area contributed by atoms with E-state index in [1.54, 1.807) is 29.2 Å². The minimum absolute atomic E-state index is 0.0625. The van der Waals surface area contributed by atoms with Gasteiger partial charge in [0.15, 0.2) is 0 Å². The second kappa shape index (κ2) is 11.5. The van der Waals surface area contributed by atoms with E-state index in [1.807, 2.05) is 13.0 Å². The molecule has 200 valence electrons. The van der Waals surface area contributed by atoms with Crippen LogP contribution in [-0.4, -0.2) is 39.0 Å². The largest absolute Gasteiger partial charge is 0.496 e. The first kappa shape index (κ1) is 27.6. The molecule has 0 aromatic heterocycles. The van der Waals surface area contributed by atoms with Crippen molar-refractivity contribution < 1.29 is 27.1 Å². The third-order valence-electron chi connectivity index (χ3n) is 6.49. The summed E-state index contributed by atoms with van der Waals surface area (Å²) in [5, 5.41) is 11.8. The fraction of sp³-hybridized carbons (Fsp3) is 0.296. The Kier molecular flexibility index (Phi) is 8.35. The Balaban J connectivity index is 1.65. The Labute approximate surface area is 226 Å². The van der Waals surface area contributed by atoms with Gasteiger partial charge in [-0.1, -0.05) is 29.3 Å². The lowest BCUT2D eigenvalue weighted by molar-refractivity contribution is -0.384. The first-order chi connectivity index (χ1) is 18.1. The van der Waals surface area contributed by atoms with E-state index >= 15 is 0 Å². The molecule has 0 saturated heterocycles. The summed E-state index contributed by atoms with van der Waals surface area (Å²) < 4.78 is 36.1. The number of anilines is 1. The lowest BCUT2D eigenvalue weighted by Crippen LogP contribution is -2.41. The maximum absolute atomic E-state index is 14.0. The average molecular weight is 559 g/mol. The summed E-state index contributed by atoms with van der Waals surface area (Å²) in [6.45, 7) is 1.73. The summed E-state index contributed by atoms with van der Waals surface area (Å²) in [5.74, 6) is -0.352. The fourth-order valence-electron chi connectivity index (χ4n) is 4.56. The van der Waals surface area contributed by atoms with E-state index < -0.39 is 27.0 Å². The summed E-state index contributed by atoms with van der Waals surface area (Å²) in [7, 11) is -2.63. The number of aryl methyl sites for hydroxylation is 2. The van der Waals surface area contributed by atoms with Crippen LogP contribution in [0.4, 0.5) is 11.4 Å². The van der Waals surface area contributed by atoms with Crippen molar-refractivity contribution in [2.75, 3.05) is 18.6 Å². The van der Waals surface area contributed by atoms with E-state index in [1.165, 1.54) is 37.4 Å². The first-order valence-corrected chi connectivity index (χ1v) is 13.8. The number of amides is 1. The average Bonchev–Trinajstić information content (AvgIpc) is 3.06. The number of nitro benzene ring substituents is 1. The van der Waals surface area contributed by atoms with Crippen molar-refractivity contribution in [3.63, 3.8) is 0 Å². The molecule has 3 aromatic rings. The zero-order valence-electron chi connectivity index (χ0n) is 20.9. The number of hydrogen-bond donors (Lipinski definition) is 0. The van der Waals surface area contributed by atoms with E-state index in [9.17, 15) is 23.3 Å². The number of nitrogens with zero attached hydrogens (tertiary/aromatic N) is 2. The van der Waals surface area contributed by atoms with Gasteiger partial charge in [-0.2, -0.15) is 8.42 Å². The molecule has 0 spiro atoms. The number of benzene rings is 3. The van der Waals surface area contributed by atoms with E-state index in [2.05, 4.69) is 0 Å². The van der Waals surface area contributed by atoms with Gasteiger partial charge in [0.2, 0.25) is 0 Å². The van der Waals surface area contributed by atoms with Gasteiger partial charge in [0.25, 0.3) is 21.7 Å². The highest BCUT2D eigenvalue weighted by atomic mass is 35.5. The molecule has 0 aliphatic carbocycles. The maximum Gasteiger partial charge on any atom is 0.296 e. The second-order valence-electron chi connectivity index (χ2n) is 9.01. The van der Waals surface area contributed by atoms with Crippen LogP contribution in [-0.2, 0) is 20.7 Å². The topological polar surface area (TPSA) is 116 Å². The van der Waals surface area contributed by atoms with Crippen LogP contribution in [0.5, 0.6) is 5.75 Å². The number of hydrogen-bond acceptors (Lipinski definition) is 7. The van der Waals surface area contributed by atoms with Crippen molar-refractivity contribution in [3.05, 3.63) is 92.5 Å². The Hall–Kier alpha value is -3.47. The molecule has 11 heteroatoms. The van der Waals surface area contributed by atoms with Crippen LogP contribution in [0.15, 0.2) is 65.6 Å². The number of halogens is 1. The number of rotatable bonds is 8. The minimum Gasteiger partial charge on any atom is -0.496 e. The first-order valence-electron chi connectivity index (χ1n) is 12.0. The monoisotopic (exact) mass is 558 g/mol. The zero-order valence-corrected chi connectivity index (χ0v) is 22.5. The van der Waals surface area contributed by atoms with Gasteiger partial charge >= 0.3 is 0 Å². The Bertz CT molecular complexity index is 1460. The van der Waals surface area contributed by atoms with E-state index in [4.69, 9.17) is 20.5 Å². The van der Waals surface area contributed by atoms with E-state index in [0.717, 1.165) is 17.5 Å². The number of non-ortho nitro benzene ring substituents is 1. The van der Waals surface area contributed by atoms with Crippen molar-refractivity contribution in [2.24, 2.45) is 0 Å². The molecule has 38 heavy (non-hydrogen) atoms. The molecule has 0 N–H and O–H groups in total. The number of methoxy groups -OCH3 is 1. The lowest BCUT2D eigenvalue weighted by atomic mass is 10.0. The van der Waals surface area contributed by atoms with Gasteiger partial charge in [-0.25, -0.2) is 0 Å². The van der Waals surface area contributed by atoms with Gasteiger partial charge in [-0.3, -0.25) is 19.1 Å². The van der Waals surface area contributed by atoms with Gasteiger partial charge in [-0.05, 0) is 74.6 Å². The van der Waals surface area contributed by atoms with Gasteiger partial charge in [-0.15, -0.1) is 0 Å². The smallest absolute Gasteiger partial charge is 0.296 e.